The van der Waals surface area contributed by atoms with Crippen LogP contribution in [0.3, 0.4) is 0 Å². The van der Waals surface area contributed by atoms with Gasteiger partial charge in [-0.15, -0.1) is 0 Å². The van der Waals surface area contributed by atoms with E-state index in [0.717, 1.165) is 25.7 Å². The summed E-state index contributed by atoms with van der Waals surface area (Å²) in [5.41, 5.74) is 0. The molecule has 0 amide bonds. The third-order valence-corrected chi connectivity index (χ3v) is 2.89. The van der Waals surface area contributed by atoms with Crippen molar-refractivity contribution in [3.63, 3.8) is 0 Å². The zero-order valence-electron chi connectivity index (χ0n) is 6.32. The number of carbonyl (C=O) groups excluding carboxylic acids is 1. The van der Waals surface area contributed by atoms with Gasteiger partial charge in [-0.05, 0) is 24.4 Å². The van der Waals surface area contributed by atoms with Crippen LogP contribution in [0.4, 0.5) is 0 Å². The predicted molar refractivity (Wildman–Crippen MR) is 45.2 cm³/mol. The van der Waals surface area contributed by atoms with Gasteiger partial charge in [-0.2, -0.15) is 0 Å². The van der Waals surface area contributed by atoms with E-state index in [2.05, 4.69) is 0 Å². The molecule has 0 heterocycles. The topological polar surface area (TPSA) is 17.1 Å². The first kappa shape index (κ1) is 8.12. The minimum atomic E-state index is -0.195. The van der Waals surface area contributed by atoms with Gasteiger partial charge in [0.1, 0.15) is 7.85 Å². The first-order valence-corrected chi connectivity index (χ1v) is 4.23. The monoisotopic (exact) mass is 158 g/mol. The fourth-order valence-electron chi connectivity index (χ4n) is 1.53. The molecule has 3 heteroatoms. The van der Waals surface area contributed by atoms with Crippen molar-refractivity contribution in [3.05, 3.63) is 0 Å². The molecule has 0 bridgehead atoms. The average Bonchev–Trinajstić information content (AvgIpc) is 1.89. The minimum absolute atomic E-state index is 0.146. The molecular formula is C7H12BClO. The molecule has 1 aliphatic rings. The van der Waals surface area contributed by atoms with Crippen molar-refractivity contribution in [2.24, 2.45) is 0 Å². The molecule has 0 atom stereocenters. The second-order valence-corrected chi connectivity index (χ2v) is 3.74. The third-order valence-electron chi connectivity index (χ3n) is 2.43. The Bertz CT molecular complexity index is 141. The lowest BCUT2D eigenvalue weighted by atomic mass is 9.61. The van der Waals surface area contributed by atoms with Crippen molar-refractivity contribution in [2.75, 3.05) is 0 Å². The maximum absolute atomic E-state index is 10.9. The quantitative estimate of drug-likeness (QED) is 0.418. The molecule has 1 nitrogen and oxygen atoms in total. The maximum Gasteiger partial charge on any atom is 0.219 e. The maximum atomic E-state index is 10.9. The molecule has 10 heavy (non-hydrogen) atoms. The Morgan fingerprint density at radius 1 is 1.30 bits per heavy atom. The van der Waals surface area contributed by atoms with Crippen molar-refractivity contribution in [2.45, 2.75) is 37.4 Å². The first-order valence-electron chi connectivity index (χ1n) is 3.85. The smallest absolute Gasteiger partial charge is 0.219 e. The molecule has 0 aliphatic heterocycles. The van der Waals surface area contributed by atoms with E-state index in [1.807, 2.05) is 7.85 Å². The van der Waals surface area contributed by atoms with Gasteiger partial charge < -0.3 is 0 Å². The SMILES string of the molecule is BC1(C(=O)Cl)CCCCC1. The van der Waals surface area contributed by atoms with Gasteiger partial charge in [-0.1, -0.05) is 19.3 Å². The van der Waals surface area contributed by atoms with Gasteiger partial charge in [0.2, 0.25) is 5.24 Å². The van der Waals surface area contributed by atoms with Crippen LogP contribution >= 0.6 is 11.6 Å². The molecule has 0 N–H and O–H groups in total. The highest BCUT2D eigenvalue weighted by Gasteiger charge is 2.32. The van der Waals surface area contributed by atoms with Crippen LogP contribution in [-0.4, -0.2) is 13.1 Å². The Morgan fingerprint density at radius 3 is 2.10 bits per heavy atom. The van der Waals surface area contributed by atoms with Crippen LogP contribution < -0.4 is 0 Å². The number of hydrogen-bond acceptors (Lipinski definition) is 1. The van der Waals surface area contributed by atoms with Gasteiger partial charge in [0.15, 0.2) is 0 Å². The molecule has 0 aromatic rings. The van der Waals surface area contributed by atoms with E-state index < -0.39 is 0 Å². The van der Waals surface area contributed by atoms with Crippen molar-refractivity contribution in [1.82, 2.24) is 0 Å². The molecular weight excluding hydrogens is 146 g/mol. The fraction of sp³-hybridized carbons (Fsp3) is 0.857. The number of carbonyl (C=O) groups is 1. The first-order chi connectivity index (χ1) is 4.65. The molecule has 1 rings (SSSR count). The Labute approximate surface area is 67.5 Å². The van der Waals surface area contributed by atoms with E-state index in [4.69, 9.17) is 11.6 Å². The average molecular weight is 158 g/mol. The molecule has 1 aliphatic carbocycles. The number of hydrogen-bond donors (Lipinski definition) is 0. The Kier molecular flexibility index (Phi) is 2.40. The van der Waals surface area contributed by atoms with Crippen molar-refractivity contribution >= 4 is 24.7 Å². The van der Waals surface area contributed by atoms with E-state index in [1.165, 1.54) is 6.42 Å². The van der Waals surface area contributed by atoms with Crippen LogP contribution in [-0.2, 0) is 4.79 Å². The molecule has 0 unspecified atom stereocenters. The van der Waals surface area contributed by atoms with E-state index in [9.17, 15) is 4.79 Å². The van der Waals surface area contributed by atoms with Crippen LogP contribution in [0.25, 0.3) is 0 Å². The summed E-state index contributed by atoms with van der Waals surface area (Å²) in [5.74, 6) is 0. The summed E-state index contributed by atoms with van der Waals surface area (Å²) >= 11 is 5.46. The summed E-state index contributed by atoms with van der Waals surface area (Å²) in [6.45, 7) is 0. The largest absolute Gasteiger partial charge is 0.282 e. The second-order valence-electron chi connectivity index (χ2n) is 3.40. The number of halogens is 1. The molecule has 0 radical (unpaired) electrons. The van der Waals surface area contributed by atoms with Crippen LogP contribution in [0, 0.1) is 0 Å². The summed E-state index contributed by atoms with van der Waals surface area (Å²) in [7, 11) is 1.97. The molecule has 56 valence electrons. The van der Waals surface area contributed by atoms with Crippen molar-refractivity contribution < 1.29 is 4.79 Å². The standard InChI is InChI=1S/C7H12BClO/c8-7(6(9)10)4-2-1-3-5-7/h1-5,8H2. The molecule has 1 fully saturated rings. The summed E-state index contributed by atoms with van der Waals surface area (Å²) in [4.78, 5) is 10.9. The highest BCUT2D eigenvalue weighted by atomic mass is 35.5. The second kappa shape index (κ2) is 2.95. The molecule has 0 aromatic heterocycles. The highest BCUT2D eigenvalue weighted by molar-refractivity contribution is 6.69. The summed E-state index contributed by atoms with van der Waals surface area (Å²) in [5, 5.41) is -0.341. The fourth-order valence-corrected chi connectivity index (χ4v) is 1.72. The predicted octanol–water partition coefficient (Wildman–Crippen LogP) is 1.51. The van der Waals surface area contributed by atoms with Crippen LogP contribution in [0.1, 0.15) is 32.1 Å². The van der Waals surface area contributed by atoms with E-state index >= 15 is 0 Å². The Hall–Kier alpha value is 0.0249. The van der Waals surface area contributed by atoms with Gasteiger partial charge in [0, 0.05) is 5.31 Å². The van der Waals surface area contributed by atoms with E-state index in [-0.39, 0.29) is 10.6 Å². The normalized spacial score (nSPS) is 24.1. The van der Waals surface area contributed by atoms with Gasteiger partial charge in [-0.25, -0.2) is 0 Å². The third kappa shape index (κ3) is 1.54. The lowest BCUT2D eigenvalue weighted by molar-refractivity contribution is -0.115. The summed E-state index contributed by atoms with van der Waals surface area (Å²) in [6.07, 6.45) is 5.55. The van der Waals surface area contributed by atoms with Gasteiger partial charge in [0.25, 0.3) is 0 Å². The van der Waals surface area contributed by atoms with E-state index in [0.29, 0.717) is 0 Å². The molecule has 0 saturated heterocycles. The number of rotatable bonds is 1. The zero-order valence-corrected chi connectivity index (χ0v) is 7.08. The summed E-state index contributed by atoms with van der Waals surface area (Å²) < 4.78 is 0. The van der Waals surface area contributed by atoms with Gasteiger partial charge in [-0.3, -0.25) is 4.79 Å². The Balaban J connectivity index is 2.56. The summed E-state index contributed by atoms with van der Waals surface area (Å²) in [6, 6.07) is 0. The van der Waals surface area contributed by atoms with Crippen LogP contribution in [0.2, 0.25) is 5.31 Å². The van der Waals surface area contributed by atoms with Crippen molar-refractivity contribution in [1.29, 1.82) is 0 Å². The highest BCUT2D eigenvalue weighted by Crippen LogP contribution is 2.41. The van der Waals surface area contributed by atoms with E-state index in [1.54, 1.807) is 0 Å². The minimum Gasteiger partial charge on any atom is -0.282 e. The lowest BCUT2D eigenvalue weighted by Gasteiger charge is -2.29. The molecule has 0 aromatic carbocycles. The molecule has 1 saturated carbocycles. The molecule has 0 spiro atoms. The van der Waals surface area contributed by atoms with Crippen LogP contribution in [0.15, 0.2) is 0 Å². The van der Waals surface area contributed by atoms with Crippen molar-refractivity contribution in [3.8, 4) is 0 Å². The van der Waals surface area contributed by atoms with Gasteiger partial charge in [0.05, 0.1) is 0 Å². The van der Waals surface area contributed by atoms with Gasteiger partial charge >= 0.3 is 0 Å². The Morgan fingerprint density at radius 2 is 1.80 bits per heavy atom. The van der Waals surface area contributed by atoms with Crippen LogP contribution in [0.5, 0.6) is 0 Å². The zero-order chi connectivity index (χ0) is 7.61. The lowest BCUT2D eigenvalue weighted by Crippen LogP contribution is -2.22.